The Hall–Kier alpha value is -0.820. The average molecular weight is 191 g/mol. The Morgan fingerprint density at radius 1 is 1.14 bits per heavy atom. The molecular weight excluding hydrogens is 170 g/mol. The van der Waals surface area contributed by atoms with Gasteiger partial charge in [-0.1, -0.05) is 24.6 Å². The highest BCUT2D eigenvalue weighted by Gasteiger charge is 2.07. The molecule has 1 heteroatoms. The lowest BCUT2D eigenvalue weighted by atomic mass is 9.92. The topological polar surface area (TPSA) is 26.0 Å². The summed E-state index contributed by atoms with van der Waals surface area (Å²) in [5.41, 5.74) is 11.3. The van der Waals surface area contributed by atoms with Crippen LogP contribution in [-0.4, -0.2) is 6.54 Å². The highest BCUT2D eigenvalue weighted by molar-refractivity contribution is 5.37. The molecule has 1 nitrogen and oxygen atoms in total. The second-order valence-electron chi connectivity index (χ2n) is 4.42. The van der Waals surface area contributed by atoms with E-state index in [4.69, 9.17) is 5.73 Å². The van der Waals surface area contributed by atoms with Gasteiger partial charge in [0.2, 0.25) is 0 Å². The Labute approximate surface area is 87.3 Å². The molecule has 0 aliphatic heterocycles. The van der Waals surface area contributed by atoms with Gasteiger partial charge in [-0.15, -0.1) is 0 Å². The minimum atomic E-state index is 0.579. The van der Waals surface area contributed by atoms with Crippen LogP contribution in [-0.2, 0) is 6.42 Å². The first-order chi connectivity index (χ1) is 6.54. The molecule has 78 valence electrons. The predicted molar refractivity (Wildman–Crippen MR) is 62.6 cm³/mol. The summed E-state index contributed by atoms with van der Waals surface area (Å²) in [5, 5.41) is 0. The van der Waals surface area contributed by atoms with Crippen molar-refractivity contribution in [3.63, 3.8) is 0 Å². The smallest absolute Gasteiger partial charge is 0.00483 e. The molecule has 0 amide bonds. The van der Waals surface area contributed by atoms with Gasteiger partial charge >= 0.3 is 0 Å². The fourth-order valence-corrected chi connectivity index (χ4v) is 1.96. The van der Waals surface area contributed by atoms with Gasteiger partial charge < -0.3 is 5.73 Å². The highest BCUT2D eigenvalue weighted by Crippen LogP contribution is 2.19. The molecule has 0 bridgehead atoms. The fourth-order valence-electron chi connectivity index (χ4n) is 1.96. The van der Waals surface area contributed by atoms with E-state index in [1.165, 1.54) is 22.3 Å². The molecule has 0 saturated carbocycles. The number of rotatable bonds is 3. The third kappa shape index (κ3) is 2.58. The molecule has 0 spiro atoms. The van der Waals surface area contributed by atoms with Crippen LogP contribution >= 0.6 is 0 Å². The van der Waals surface area contributed by atoms with Crippen LogP contribution < -0.4 is 5.73 Å². The maximum atomic E-state index is 5.65. The van der Waals surface area contributed by atoms with Gasteiger partial charge in [0.1, 0.15) is 0 Å². The maximum absolute atomic E-state index is 5.65. The third-order valence-corrected chi connectivity index (χ3v) is 2.80. The van der Waals surface area contributed by atoms with E-state index < -0.39 is 0 Å². The van der Waals surface area contributed by atoms with Gasteiger partial charge in [-0.25, -0.2) is 0 Å². The second-order valence-corrected chi connectivity index (χ2v) is 4.42. The molecule has 2 N–H and O–H groups in total. The van der Waals surface area contributed by atoms with Gasteiger partial charge in [-0.2, -0.15) is 0 Å². The van der Waals surface area contributed by atoms with Crippen molar-refractivity contribution < 1.29 is 0 Å². The molecule has 14 heavy (non-hydrogen) atoms. The SMILES string of the molecule is Cc1cc(C)c(CC(C)CN)c(C)c1. The van der Waals surface area contributed by atoms with Crippen molar-refractivity contribution in [3.8, 4) is 0 Å². The minimum absolute atomic E-state index is 0.579. The van der Waals surface area contributed by atoms with Gasteiger partial charge in [-0.05, 0) is 56.3 Å². The molecule has 1 rings (SSSR count). The molecule has 0 aliphatic carbocycles. The van der Waals surface area contributed by atoms with Crippen LogP contribution in [0.3, 0.4) is 0 Å². The Balaban J connectivity index is 2.96. The summed E-state index contributed by atoms with van der Waals surface area (Å²) in [6.45, 7) is 9.51. The molecule has 0 radical (unpaired) electrons. The zero-order valence-corrected chi connectivity index (χ0v) is 9.72. The zero-order valence-electron chi connectivity index (χ0n) is 9.72. The molecule has 1 atom stereocenters. The quantitative estimate of drug-likeness (QED) is 0.781. The number of hydrogen-bond donors (Lipinski definition) is 1. The summed E-state index contributed by atoms with van der Waals surface area (Å²) in [5.74, 6) is 0.579. The van der Waals surface area contributed by atoms with Crippen molar-refractivity contribution in [2.75, 3.05) is 6.54 Å². The van der Waals surface area contributed by atoms with Crippen molar-refractivity contribution in [2.24, 2.45) is 11.7 Å². The first kappa shape index (κ1) is 11.3. The predicted octanol–water partition coefficient (Wildman–Crippen LogP) is 2.75. The van der Waals surface area contributed by atoms with Crippen LogP contribution in [0.25, 0.3) is 0 Å². The summed E-state index contributed by atoms with van der Waals surface area (Å²) in [6, 6.07) is 4.51. The first-order valence-corrected chi connectivity index (χ1v) is 5.31. The minimum Gasteiger partial charge on any atom is -0.330 e. The van der Waals surface area contributed by atoms with Crippen molar-refractivity contribution in [2.45, 2.75) is 34.1 Å². The largest absolute Gasteiger partial charge is 0.330 e. The van der Waals surface area contributed by atoms with Crippen LogP contribution in [0.5, 0.6) is 0 Å². The first-order valence-electron chi connectivity index (χ1n) is 5.31. The maximum Gasteiger partial charge on any atom is -0.00483 e. The Bertz CT molecular complexity index is 292. The van der Waals surface area contributed by atoms with E-state index >= 15 is 0 Å². The molecule has 0 heterocycles. The van der Waals surface area contributed by atoms with Gasteiger partial charge in [0, 0.05) is 0 Å². The van der Waals surface area contributed by atoms with Gasteiger partial charge in [0.25, 0.3) is 0 Å². The normalized spacial score (nSPS) is 12.9. The van der Waals surface area contributed by atoms with Crippen LogP contribution in [0.1, 0.15) is 29.2 Å². The summed E-state index contributed by atoms with van der Waals surface area (Å²) >= 11 is 0. The van der Waals surface area contributed by atoms with E-state index in [9.17, 15) is 0 Å². The molecule has 0 fully saturated rings. The standard InChI is InChI=1S/C13H21N/c1-9-5-11(3)13(12(4)6-9)7-10(2)8-14/h5-6,10H,7-8,14H2,1-4H3. The monoisotopic (exact) mass is 191 g/mol. The Morgan fingerprint density at radius 2 is 1.64 bits per heavy atom. The van der Waals surface area contributed by atoms with E-state index in [1.54, 1.807) is 0 Å². The Morgan fingerprint density at radius 3 is 2.07 bits per heavy atom. The summed E-state index contributed by atoms with van der Waals surface area (Å²) in [6.07, 6.45) is 1.11. The molecule has 1 aromatic rings. The van der Waals surface area contributed by atoms with Crippen LogP contribution in [0.4, 0.5) is 0 Å². The average Bonchev–Trinajstić information content (AvgIpc) is 2.10. The zero-order chi connectivity index (χ0) is 10.7. The van der Waals surface area contributed by atoms with Crippen LogP contribution in [0.2, 0.25) is 0 Å². The van der Waals surface area contributed by atoms with E-state index in [0.717, 1.165) is 13.0 Å². The molecule has 1 unspecified atom stereocenters. The molecule has 1 aromatic carbocycles. The molecule has 0 aliphatic rings. The number of benzene rings is 1. The van der Waals surface area contributed by atoms with E-state index in [2.05, 4.69) is 39.8 Å². The lowest BCUT2D eigenvalue weighted by molar-refractivity contribution is 0.589. The van der Waals surface area contributed by atoms with E-state index in [0.29, 0.717) is 5.92 Å². The number of nitrogens with two attached hydrogens (primary N) is 1. The van der Waals surface area contributed by atoms with Crippen molar-refractivity contribution in [1.82, 2.24) is 0 Å². The number of hydrogen-bond acceptors (Lipinski definition) is 1. The third-order valence-electron chi connectivity index (χ3n) is 2.80. The summed E-state index contributed by atoms with van der Waals surface area (Å²) < 4.78 is 0. The van der Waals surface area contributed by atoms with Crippen molar-refractivity contribution in [1.29, 1.82) is 0 Å². The molecular formula is C13H21N. The van der Waals surface area contributed by atoms with Gasteiger partial charge in [0.15, 0.2) is 0 Å². The fraction of sp³-hybridized carbons (Fsp3) is 0.538. The van der Waals surface area contributed by atoms with Crippen molar-refractivity contribution >= 4 is 0 Å². The second kappa shape index (κ2) is 4.61. The number of aryl methyl sites for hydroxylation is 3. The summed E-state index contributed by atoms with van der Waals surface area (Å²) in [7, 11) is 0. The summed E-state index contributed by atoms with van der Waals surface area (Å²) in [4.78, 5) is 0. The van der Waals surface area contributed by atoms with E-state index in [1.807, 2.05) is 0 Å². The van der Waals surface area contributed by atoms with Crippen LogP contribution in [0, 0.1) is 26.7 Å². The van der Waals surface area contributed by atoms with E-state index in [-0.39, 0.29) is 0 Å². The Kier molecular flexibility index (Phi) is 3.70. The lowest BCUT2D eigenvalue weighted by Crippen LogP contribution is -2.14. The van der Waals surface area contributed by atoms with Crippen molar-refractivity contribution in [3.05, 3.63) is 34.4 Å². The molecule has 0 saturated heterocycles. The lowest BCUT2D eigenvalue weighted by Gasteiger charge is -2.14. The van der Waals surface area contributed by atoms with Gasteiger partial charge in [-0.3, -0.25) is 0 Å². The highest BCUT2D eigenvalue weighted by atomic mass is 14.5. The van der Waals surface area contributed by atoms with Gasteiger partial charge in [0.05, 0.1) is 0 Å². The molecule has 0 aromatic heterocycles. The van der Waals surface area contributed by atoms with Crippen LogP contribution in [0.15, 0.2) is 12.1 Å².